The molecule has 0 aliphatic heterocycles. The highest BCUT2D eigenvalue weighted by atomic mass is 16.5. The van der Waals surface area contributed by atoms with Crippen molar-refractivity contribution >= 4 is 18.2 Å². The molecule has 0 radical (unpaired) electrons. The molecule has 0 spiro atoms. The molecule has 1 fully saturated rings. The van der Waals surface area contributed by atoms with Gasteiger partial charge in [-0.15, -0.1) is 0 Å². The van der Waals surface area contributed by atoms with E-state index in [0.29, 0.717) is 36.0 Å². The van der Waals surface area contributed by atoms with E-state index in [1.807, 2.05) is 19.1 Å². The number of nitrogens with one attached hydrogen (secondary N) is 2. The molecule has 184 valence electrons. The molecule has 1 aromatic heterocycles. The third-order valence-electron chi connectivity index (χ3n) is 6.37. The van der Waals surface area contributed by atoms with Crippen molar-refractivity contribution < 1.29 is 24.0 Å². The van der Waals surface area contributed by atoms with Gasteiger partial charge in [0.1, 0.15) is 5.76 Å². The van der Waals surface area contributed by atoms with Crippen molar-refractivity contribution in [2.45, 2.75) is 70.8 Å². The maximum absolute atomic E-state index is 12.8. The van der Waals surface area contributed by atoms with E-state index >= 15 is 0 Å². The summed E-state index contributed by atoms with van der Waals surface area (Å²) in [5, 5.41) is 15.8. The fraction of sp³-hybridized carbons (Fsp3) is 0.500. The zero-order chi connectivity index (χ0) is 24.5. The second-order valence-corrected chi connectivity index (χ2v) is 8.85. The van der Waals surface area contributed by atoms with Crippen LogP contribution in [0.3, 0.4) is 0 Å². The van der Waals surface area contributed by atoms with E-state index in [0.717, 1.165) is 24.8 Å². The minimum atomic E-state index is -0.621. The lowest BCUT2D eigenvalue weighted by Gasteiger charge is -2.29. The van der Waals surface area contributed by atoms with Crippen molar-refractivity contribution in [1.29, 1.82) is 0 Å². The standard InChI is InChI=1S/C26H35N3O5/c1-3-5-6-7-21(22(4-2)29(33)17-30)25(31)27-16-28-26(32)24-15-14-23(34-24)20-12-10-19(11-13-20)18-8-9-18/h10-15,17-18,21-22,33H,3-9,16H2,1-2H3,(H,27,31)(H,28,32)/t21-,22-/m1/s1. The SMILES string of the molecule is CCCCC[C@@H](C(=O)NCNC(=O)c1ccc(-c2ccc(C3CC3)cc2)o1)[C@@H](CC)N(O)C=O. The van der Waals surface area contributed by atoms with Crippen LogP contribution in [0, 0.1) is 5.92 Å². The summed E-state index contributed by atoms with van der Waals surface area (Å²) in [7, 11) is 0. The van der Waals surface area contributed by atoms with Crippen LogP contribution in [0.1, 0.15) is 80.8 Å². The second-order valence-electron chi connectivity index (χ2n) is 8.85. The van der Waals surface area contributed by atoms with Crippen molar-refractivity contribution in [2.75, 3.05) is 6.67 Å². The highest BCUT2D eigenvalue weighted by Crippen LogP contribution is 2.40. The van der Waals surface area contributed by atoms with Crippen LogP contribution in [-0.4, -0.2) is 41.2 Å². The lowest BCUT2D eigenvalue weighted by molar-refractivity contribution is -0.168. The van der Waals surface area contributed by atoms with Crippen LogP contribution < -0.4 is 10.6 Å². The van der Waals surface area contributed by atoms with E-state index in [-0.39, 0.29) is 18.3 Å². The van der Waals surface area contributed by atoms with Crippen molar-refractivity contribution in [3.05, 3.63) is 47.7 Å². The summed E-state index contributed by atoms with van der Waals surface area (Å²) in [5.41, 5.74) is 2.24. The Morgan fingerprint density at radius 2 is 1.85 bits per heavy atom. The smallest absolute Gasteiger partial charge is 0.288 e. The summed E-state index contributed by atoms with van der Waals surface area (Å²) in [6.45, 7) is 3.79. The van der Waals surface area contributed by atoms with Gasteiger partial charge in [-0.2, -0.15) is 0 Å². The first-order valence-corrected chi connectivity index (χ1v) is 12.2. The summed E-state index contributed by atoms with van der Waals surface area (Å²) >= 11 is 0. The Hall–Kier alpha value is -3.13. The topological polar surface area (TPSA) is 112 Å². The molecule has 8 heteroatoms. The zero-order valence-corrected chi connectivity index (χ0v) is 20.0. The summed E-state index contributed by atoms with van der Waals surface area (Å²) in [6, 6.07) is 10.9. The highest BCUT2D eigenvalue weighted by Gasteiger charge is 2.30. The number of hydrogen-bond donors (Lipinski definition) is 3. The van der Waals surface area contributed by atoms with Gasteiger partial charge in [-0.3, -0.25) is 19.6 Å². The highest BCUT2D eigenvalue weighted by molar-refractivity contribution is 5.92. The van der Waals surface area contributed by atoms with E-state index in [2.05, 4.69) is 29.7 Å². The minimum Gasteiger partial charge on any atom is -0.451 e. The molecular formula is C26H35N3O5. The monoisotopic (exact) mass is 469 g/mol. The van der Waals surface area contributed by atoms with E-state index in [4.69, 9.17) is 4.42 Å². The van der Waals surface area contributed by atoms with Gasteiger partial charge < -0.3 is 15.1 Å². The Kier molecular flexibility index (Phi) is 9.27. The first-order valence-electron chi connectivity index (χ1n) is 12.2. The minimum absolute atomic E-state index is 0.0863. The van der Waals surface area contributed by atoms with Crippen molar-refractivity contribution in [1.82, 2.24) is 15.7 Å². The molecule has 8 nitrogen and oxygen atoms in total. The fourth-order valence-corrected chi connectivity index (χ4v) is 4.23. The number of nitrogens with zero attached hydrogens (tertiary/aromatic N) is 1. The number of hydroxylamine groups is 2. The molecule has 3 N–H and O–H groups in total. The van der Waals surface area contributed by atoms with Gasteiger partial charge in [0.15, 0.2) is 5.76 Å². The summed E-state index contributed by atoms with van der Waals surface area (Å²) in [6.07, 6.45) is 6.54. The number of unbranched alkanes of at least 4 members (excludes halogenated alkanes) is 2. The van der Waals surface area contributed by atoms with Gasteiger partial charge in [0.05, 0.1) is 18.6 Å². The summed E-state index contributed by atoms with van der Waals surface area (Å²) in [4.78, 5) is 36.4. The van der Waals surface area contributed by atoms with Gasteiger partial charge in [-0.25, -0.2) is 5.06 Å². The largest absolute Gasteiger partial charge is 0.451 e. The lowest BCUT2D eigenvalue weighted by Crippen LogP contribution is -2.47. The van der Waals surface area contributed by atoms with Crippen LogP contribution in [0.2, 0.25) is 0 Å². The molecule has 1 aliphatic carbocycles. The van der Waals surface area contributed by atoms with E-state index < -0.39 is 17.9 Å². The van der Waals surface area contributed by atoms with Gasteiger partial charge in [-0.1, -0.05) is 57.4 Å². The van der Waals surface area contributed by atoms with Gasteiger partial charge in [0.25, 0.3) is 5.91 Å². The quantitative estimate of drug-likeness (QED) is 0.124. The Labute approximate surface area is 200 Å². The molecule has 1 saturated carbocycles. The molecule has 2 atom stereocenters. The molecule has 0 unspecified atom stereocenters. The van der Waals surface area contributed by atoms with Gasteiger partial charge >= 0.3 is 0 Å². The normalized spacial score (nSPS) is 14.8. The molecule has 3 amide bonds. The van der Waals surface area contributed by atoms with Crippen LogP contribution >= 0.6 is 0 Å². The number of carbonyl (C=O) groups excluding carboxylic acids is 3. The van der Waals surface area contributed by atoms with Crippen LogP contribution in [0.15, 0.2) is 40.8 Å². The van der Waals surface area contributed by atoms with Crippen molar-refractivity contribution in [3.8, 4) is 11.3 Å². The fourth-order valence-electron chi connectivity index (χ4n) is 4.23. The maximum atomic E-state index is 12.8. The van der Waals surface area contributed by atoms with E-state index in [1.165, 1.54) is 18.4 Å². The van der Waals surface area contributed by atoms with Crippen LogP contribution in [0.5, 0.6) is 0 Å². The molecule has 34 heavy (non-hydrogen) atoms. The second kappa shape index (κ2) is 12.4. The number of furan rings is 1. The average molecular weight is 470 g/mol. The van der Waals surface area contributed by atoms with Crippen LogP contribution in [-0.2, 0) is 9.59 Å². The average Bonchev–Trinajstić information content (AvgIpc) is 3.59. The molecular weight excluding hydrogens is 434 g/mol. The first-order chi connectivity index (χ1) is 16.5. The number of rotatable bonds is 14. The third kappa shape index (κ3) is 6.70. The van der Waals surface area contributed by atoms with Gasteiger partial charge in [0, 0.05) is 5.56 Å². The van der Waals surface area contributed by atoms with Crippen LogP contribution in [0.4, 0.5) is 0 Å². The number of hydrogen-bond acceptors (Lipinski definition) is 5. The Morgan fingerprint density at radius 1 is 1.12 bits per heavy atom. The maximum Gasteiger partial charge on any atom is 0.288 e. The van der Waals surface area contributed by atoms with E-state index in [1.54, 1.807) is 12.1 Å². The zero-order valence-electron chi connectivity index (χ0n) is 20.0. The lowest BCUT2D eigenvalue weighted by atomic mass is 9.90. The molecule has 0 bridgehead atoms. The number of carbonyl (C=O) groups is 3. The van der Waals surface area contributed by atoms with E-state index in [9.17, 15) is 19.6 Å². The molecule has 0 saturated heterocycles. The number of amides is 3. The summed E-state index contributed by atoms with van der Waals surface area (Å²) < 4.78 is 5.72. The molecule has 1 aromatic carbocycles. The Balaban J connectivity index is 1.53. The molecule has 1 aliphatic rings. The third-order valence-corrected chi connectivity index (χ3v) is 6.37. The molecule has 2 aromatic rings. The first kappa shape index (κ1) is 25.5. The van der Waals surface area contributed by atoms with Crippen molar-refractivity contribution in [3.63, 3.8) is 0 Å². The molecule has 1 heterocycles. The number of benzene rings is 1. The Bertz CT molecular complexity index is 952. The Morgan fingerprint density at radius 3 is 2.47 bits per heavy atom. The molecule has 3 rings (SSSR count). The van der Waals surface area contributed by atoms with Gasteiger partial charge in [-0.05, 0) is 49.3 Å². The predicted molar refractivity (Wildman–Crippen MR) is 128 cm³/mol. The summed E-state index contributed by atoms with van der Waals surface area (Å²) in [5.74, 6) is 0.115. The van der Waals surface area contributed by atoms with Gasteiger partial charge in [0.2, 0.25) is 12.3 Å². The van der Waals surface area contributed by atoms with Crippen molar-refractivity contribution in [2.24, 2.45) is 5.92 Å². The predicted octanol–water partition coefficient (Wildman–Crippen LogP) is 4.45. The van der Waals surface area contributed by atoms with Crippen LogP contribution in [0.25, 0.3) is 11.3 Å².